The molecule has 152 valence electrons. The summed E-state index contributed by atoms with van der Waals surface area (Å²) in [7, 11) is 1.67. The number of hydrogen-bond donors (Lipinski definition) is 1. The molecule has 0 saturated carbocycles. The number of pyridine rings is 1. The van der Waals surface area contributed by atoms with E-state index in [0.717, 1.165) is 10.7 Å². The van der Waals surface area contributed by atoms with Gasteiger partial charge in [-0.25, -0.2) is 4.98 Å². The molecule has 7 nitrogen and oxygen atoms in total. The van der Waals surface area contributed by atoms with Gasteiger partial charge in [0, 0.05) is 13.2 Å². The zero-order valence-corrected chi connectivity index (χ0v) is 17.1. The van der Waals surface area contributed by atoms with Gasteiger partial charge in [-0.05, 0) is 36.4 Å². The second-order valence-corrected chi connectivity index (χ2v) is 7.50. The molecule has 0 aliphatic rings. The summed E-state index contributed by atoms with van der Waals surface area (Å²) in [5, 5.41) is 3.57. The smallest absolute Gasteiger partial charge is 0.253 e. The molecule has 0 atom stereocenters. The Bertz CT molecular complexity index is 1170. The van der Waals surface area contributed by atoms with Crippen LogP contribution in [0, 0.1) is 0 Å². The first-order chi connectivity index (χ1) is 14.6. The Morgan fingerprint density at radius 2 is 1.97 bits per heavy atom. The fourth-order valence-corrected chi connectivity index (χ4v) is 3.90. The number of anilines is 1. The van der Waals surface area contributed by atoms with E-state index in [1.807, 2.05) is 28.8 Å². The Hall–Kier alpha value is -3.52. The third-order valence-electron chi connectivity index (χ3n) is 4.62. The predicted octanol–water partition coefficient (Wildman–Crippen LogP) is 3.61. The number of carbonyl (C=O) groups excluding carboxylic acids is 2. The zero-order valence-electron chi connectivity index (χ0n) is 16.3. The maximum Gasteiger partial charge on any atom is 0.253 e. The highest BCUT2D eigenvalue weighted by atomic mass is 32.2. The van der Waals surface area contributed by atoms with Crippen molar-refractivity contribution in [3.8, 4) is 0 Å². The number of amides is 2. The molecule has 30 heavy (non-hydrogen) atoms. The summed E-state index contributed by atoms with van der Waals surface area (Å²) in [5.74, 6) is 0.466. The van der Waals surface area contributed by atoms with Gasteiger partial charge in [-0.2, -0.15) is 0 Å². The molecule has 0 saturated heterocycles. The summed E-state index contributed by atoms with van der Waals surface area (Å²) in [6.45, 7) is 0.278. The number of rotatable bonds is 7. The van der Waals surface area contributed by atoms with Crippen LogP contribution < -0.4 is 10.2 Å². The number of nitrogens with one attached hydrogen (secondary N) is 1. The Balaban J connectivity index is 1.44. The number of hydrogen-bond acceptors (Lipinski definition) is 5. The van der Waals surface area contributed by atoms with E-state index in [0.29, 0.717) is 17.0 Å². The summed E-state index contributed by atoms with van der Waals surface area (Å²) in [6, 6.07) is 16.4. The number of nitrogens with zero attached hydrogens (tertiary/aromatic N) is 3. The standard InChI is InChI=1S/C22H20N4O3S/c1-25(20(27)15-30-22-24-13-16-7-4-5-11-26(16)22)19-10-3-2-9-18(19)21(28)23-14-17-8-6-12-29-17/h2-13H,14-15H2,1H3,(H,23,28). The number of thioether (sulfide) groups is 1. The number of benzene rings is 1. The van der Waals surface area contributed by atoms with Gasteiger partial charge in [0.2, 0.25) is 5.91 Å². The first-order valence-corrected chi connectivity index (χ1v) is 10.3. The van der Waals surface area contributed by atoms with Crippen molar-refractivity contribution in [1.29, 1.82) is 0 Å². The average molecular weight is 420 g/mol. The van der Waals surface area contributed by atoms with Crippen LogP contribution in [0.1, 0.15) is 16.1 Å². The average Bonchev–Trinajstić information content (AvgIpc) is 3.45. The molecule has 0 bridgehead atoms. The van der Waals surface area contributed by atoms with Gasteiger partial charge >= 0.3 is 0 Å². The monoisotopic (exact) mass is 420 g/mol. The highest BCUT2D eigenvalue weighted by Crippen LogP contribution is 2.23. The molecular formula is C22H20N4O3S. The SMILES string of the molecule is CN(C(=O)CSc1ncc2ccccn12)c1ccccc1C(=O)NCc1ccco1. The maximum absolute atomic E-state index is 12.8. The van der Waals surface area contributed by atoms with E-state index in [1.165, 1.54) is 16.7 Å². The molecule has 3 aromatic heterocycles. The molecule has 1 aromatic carbocycles. The second kappa shape index (κ2) is 8.87. The van der Waals surface area contributed by atoms with Gasteiger partial charge in [-0.1, -0.05) is 30.0 Å². The molecule has 4 aromatic rings. The van der Waals surface area contributed by atoms with Gasteiger partial charge in [-0.3, -0.25) is 14.0 Å². The first-order valence-electron chi connectivity index (χ1n) is 9.34. The number of furan rings is 1. The van der Waals surface area contributed by atoms with Crippen molar-refractivity contribution in [1.82, 2.24) is 14.7 Å². The molecule has 2 amide bonds. The van der Waals surface area contributed by atoms with Crippen molar-refractivity contribution < 1.29 is 14.0 Å². The molecule has 0 unspecified atom stereocenters. The Kier molecular flexibility index (Phi) is 5.85. The Morgan fingerprint density at radius 3 is 2.80 bits per heavy atom. The minimum Gasteiger partial charge on any atom is -0.467 e. The fourth-order valence-electron chi connectivity index (χ4n) is 3.02. The van der Waals surface area contributed by atoms with Crippen molar-refractivity contribution in [3.05, 3.63) is 84.6 Å². The lowest BCUT2D eigenvalue weighted by molar-refractivity contribution is -0.115. The van der Waals surface area contributed by atoms with E-state index < -0.39 is 0 Å². The third kappa shape index (κ3) is 4.23. The number of fused-ring (bicyclic) bond motifs is 1. The number of imidazole rings is 1. The van der Waals surface area contributed by atoms with Crippen molar-refractivity contribution >= 4 is 34.8 Å². The Morgan fingerprint density at radius 1 is 1.13 bits per heavy atom. The van der Waals surface area contributed by atoms with Crippen LogP contribution in [0.4, 0.5) is 5.69 Å². The molecule has 1 N–H and O–H groups in total. The van der Waals surface area contributed by atoms with E-state index >= 15 is 0 Å². The summed E-state index contributed by atoms with van der Waals surface area (Å²) >= 11 is 1.36. The van der Waals surface area contributed by atoms with Crippen molar-refractivity contribution in [2.45, 2.75) is 11.7 Å². The first kappa shape index (κ1) is 19.8. The number of aromatic nitrogens is 2. The lowest BCUT2D eigenvalue weighted by Gasteiger charge is -2.20. The van der Waals surface area contributed by atoms with Gasteiger partial charge in [-0.15, -0.1) is 0 Å². The maximum atomic E-state index is 12.8. The van der Waals surface area contributed by atoms with E-state index in [9.17, 15) is 9.59 Å². The van der Waals surface area contributed by atoms with Crippen molar-refractivity contribution in [3.63, 3.8) is 0 Å². The summed E-state index contributed by atoms with van der Waals surface area (Å²) in [6.07, 6.45) is 5.25. The molecule has 0 fully saturated rings. The molecule has 0 aliphatic carbocycles. The third-order valence-corrected chi connectivity index (χ3v) is 5.57. The van der Waals surface area contributed by atoms with Crippen molar-refractivity contribution in [2.75, 3.05) is 17.7 Å². The quantitative estimate of drug-likeness (QED) is 0.462. The van der Waals surface area contributed by atoms with Crippen LogP contribution in [0.2, 0.25) is 0 Å². The lowest BCUT2D eigenvalue weighted by Crippen LogP contribution is -2.31. The largest absolute Gasteiger partial charge is 0.467 e. The molecule has 0 aliphatic heterocycles. The molecule has 3 heterocycles. The van der Waals surface area contributed by atoms with Gasteiger partial charge in [0.25, 0.3) is 5.91 Å². The minimum absolute atomic E-state index is 0.126. The molecule has 0 radical (unpaired) electrons. The highest BCUT2D eigenvalue weighted by molar-refractivity contribution is 7.99. The van der Waals surface area contributed by atoms with Crippen LogP contribution in [0.3, 0.4) is 0 Å². The van der Waals surface area contributed by atoms with Crippen LogP contribution in [-0.2, 0) is 11.3 Å². The van der Waals surface area contributed by atoms with Gasteiger partial charge < -0.3 is 14.6 Å². The molecule has 0 spiro atoms. The Labute approximate surface area is 177 Å². The predicted molar refractivity (Wildman–Crippen MR) is 116 cm³/mol. The topological polar surface area (TPSA) is 79.8 Å². The molecule has 4 rings (SSSR count). The fraction of sp³-hybridized carbons (Fsp3) is 0.136. The minimum atomic E-state index is -0.270. The number of para-hydroxylation sites is 1. The van der Waals surface area contributed by atoms with Crippen LogP contribution in [0.5, 0.6) is 0 Å². The van der Waals surface area contributed by atoms with Gasteiger partial charge in [0.1, 0.15) is 5.76 Å². The van der Waals surface area contributed by atoms with Crippen LogP contribution >= 0.6 is 11.8 Å². The van der Waals surface area contributed by atoms with Crippen LogP contribution in [0.15, 0.2) is 82.8 Å². The van der Waals surface area contributed by atoms with Crippen LogP contribution in [0.25, 0.3) is 5.52 Å². The molecular weight excluding hydrogens is 400 g/mol. The lowest BCUT2D eigenvalue weighted by atomic mass is 10.1. The van der Waals surface area contributed by atoms with E-state index in [-0.39, 0.29) is 24.1 Å². The molecule has 8 heteroatoms. The van der Waals surface area contributed by atoms with Gasteiger partial charge in [0.05, 0.1) is 41.5 Å². The summed E-state index contributed by atoms with van der Waals surface area (Å²) in [4.78, 5) is 31.4. The van der Waals surface area contributed by atoms with Gasteiger partial charge in [0.15, 0.2) is 5.16 Å². The van der Waals surface area contributed by atoms with E-state index in [4.69, 9.17) is 4.42 Å². The highest BCUT2D eigenvalue weighted by Gasteiger charge is 2.19. The summed E-state index contributed by atoms with van der Waals surface area (Å²) in [5.41, 5.74) is 1.95. The van der Waals surface area contributed by atoms with E-state index in [1.54, 1.807) is 55.9 Å². The number of carbonyl (C=O) groups is 2. The second-order valence-electron chi connectivity index (χ2n) is 6.56. The van der Waals surface area contributed by atoms with Crippen molar-refractivity contribution in [2.24, 2.45) is 0 Å². The normalized spacial score (nSPS) is 10.8. The summed E-state index contributed by atoms with van der Waals surface area (Å²) < 4.78 is 7.18. The van der Waals surface area contributed by atoms with E-state index in [2.05, 4.69) is 10.3 Å². The zero-order chi connectivity index (χ0) is 20.9. The van der Waals surface area contributed by atoms with Crippen LogP contribution in [-0.4, -0.2) is 34.0 Å².